The first-order chi connectivity index (χ1) is 6.56. The monoisotopic (exact) mass is 234 g/mol. The maximum absolute atomic E-state index is 11.4. The van der Waals surface area contributed by atoms with Crippen molar-refractivity contribution in [1.29, 1.82) is 0 Å². The van der Waals surface area contributed by atoms with Crippen molar-refractivity contribution in [3.05, 3.63) is 28.0 Å². The number of carbonyl (C=O) groups excluding carboxylic acids is 1. The van der Waals surface area contributed by atoms with Crippen molar-refractivity contribution in [2.24, 2.45) is 0 Å². The maximum Gasteiger partial charge on any atom is 0.297 e. The SMILES string of the molecule is CCN(O)C(=O)c1nc(Cl)ccc1Cl. The lowest BCUT2D eigenvalue weighted by Crippen LogP contribution is -2.28. The number of amides is 1. The molecule has 0 unspecified atom stereocenters. The lowest BCUT2D eigenvalue weighted by Gasteiger charge is -2.12. The fourth-order valence-electron chi connectivity index (χ4n) is 0.834. The van der Waals surface area contributed by atoms with Gasteiger partial charge in [-0.1, -0.05) is 23.2 Å². The van der Waals surface area contributed by atoms with Gasteiger partial charge < -0.3 is 0 Å². The number of hydrogen-bond donors (Lipinski definition) is 1. The highest BCUT2D eigenvalue weighted by Crippen LogP contribution is 2.17. The second-order valence-corrected chi connectivity index (χ2v) is 3.28. The maximum atomic E-state index is 11.4. The molecule has 0 aliphatic heterocycles. The zero-order valence-corrected chi connectivity index (χ0v) is 8.88. The van der Waals surface area contributed by atoms with Crippen molar-refractivity contribution in [3.63, 3.8) is 0 Å². The molecule has 0 bridgehead atoms. The van der Waals surface area contributed by atoms with Gasteiger partial charge in [0.25, 0.3) is 5.91 Å². The molecule has 1 heterocycles. The summed E-state index contributed by atoms with van der Waals surface area (Å²) in [4.78, 5) is 15.1. The molecule has 1 aromatic rings. The Morgan fingerprint density at radius 3 is 2.79 bits per heavy atom. The Morgan fingerprint density at radius 2 is 2.21 bits per heavy atom. The number of hydroxylamine groups is 2. The van der Waals surface area contributed by atoms with Crippen molar-refractivity contribution in [2.45, 2.75) is 6.92 Å². The summed E-state index contributed by atoms with van der Waals surface area (Å²) in [5.41, 5.74) is -0.0523. The number of carbonyl (C=O) groups is 1. The van der Waals surface area contributed by atoms with Gasteiger partial charge in [0.05, 0.1) is 5.02 Å². The van der Waals surface area contributed by atoms with Crippen LogP contribution in [-0.2, 0) is 0 Å². The van der Waals surface area contributed by atoms with Crippen LogP contribution in [0.5, 0.6) is 0 Å². The molecule has 0 saturated heterocycles. The molecule has 0 aromatic carbocycles. The smallest absolute Gasteiger partial charge is 0.286 e. The van der Waals surface area contributed by atoms with Gasteiger partial charge >= 0.3 is 0 Å². The molecule has 0 spiro atoms. The Morgan fingerprint density at radius 1 is 1.57 bits per heavy atom. The third-order valence-electron chi connectivity index (χ3n) is 1.55. The highest BCUT2D eigenvalue weighted by Gasteiger charge is 2.17. The average Bonchev–Trinajstić information content (AvgIpc) is 2.19. The molecule has 1 aromatic heterocycles. The van der Waals surface area contributed by atoms with Gasteiger partial charge in [-0.25, -0.2) is 10.0 Å². The van der Waals surface area contributed by atoms with Crippen molar-refractivity contribution in [3.8, 4) is 0 Å². The largest absolute Gasteiger partial charge is 0.297 e. The first kappa shape index (κ1) is 11.2. The molecule has 0 aliphatic rings. The number of hydrogen-bond acceptors (Lipinski definition) is 3. The summed E-state index contributed by atoms with van der Waals surface area (Å²) in [5, 5.41) is 9.97. The molecule has 0 radical (unpaired) electrons. The second-order valence-electron chi connectivity index (χ2n) is 2.49. The number of nitrogens with zero attached hydrogens (tertiary/aromatic N) is 2. The third-order valence-corrected chi connectivity index (χ3v) is 2.06. The zero-order chi connectivity index (χ0) is 10.7. The topological polar surface area (TPSA) is 53.4 Å². The van der Waals surface area contributed by atoms with Gasteiger partial charge in [-0.2, -0.15) is 0 Å². The Kier molecular flexibility index (Phi) is 3.69. The Labute approximate surface area is 91.0 Å². The molecule has 0 saturated carbocycles. The quantitative estimate of drug-likeness (QED) is 0.485. The first-order valence-corrected chi connectivity index (χ1v) is 4.64. The van der Waals surface area contributed by atoms with Crippen molar-refractivity contribution < 1.29 is 10.0 Å². The van der Waals surface area contributed by atoms with E-state index >= 15 is 0 Å². The molecule has 1 rings (SSSR count). The summed E-state index contributed by atoms with van der Waals surface area (Å²) < 4.78 is 0. The van der Waals surface area contributed by atoms with E-state index in [9.17, 15) is 4.79 Å². The van der Waals surface area contributed by atoms with Crippen LogP contribution in [0.3, 0.4) is 0 Å². The van der Waals surface area contributed by atoms with E-state index < -0.39 is 5.91 Å². The van der Waals surface area contributed by atoms with Crippen LogP contribution < -0.4 is 0 Å². The standard InChI is InChI=1S/C8H8Cl2N2O2/c1-2-12(14)8(13)7-5(9)3-4-6(10)11-7/h3-4,14H,2H2,1H3. The number of halogens is 2. The zero-order valence-electron chi connectivity index (χ0n) is 7.37. The van der Waals surface area contributed by atoms with E-state index in [4.69, 9.17) is 28.4 Å². The molecule has 76 valence electrons. The molecular formula is C8H8Cl2N2O2. The molecule has 14 heavy (non-hydrogen) atoms. The summed E-state index contributed by atoms with van der Waals surface area (Å²) in [6.07, 6.45) is 0. The first-order valence-electron chi connectivity index (χ1n) is 3.89. The molecule has 1 amide bonds. The van der Waals surface area contributed by atoms with Crippen LogP contribution in [-0.4, -0.2) is 27.7 Å². The highest BCUT2D eigenvalue weighted by molar-refractivity contribution is 6.34. The van der Waals surface area contributed by atoms with Crippen LogP contribution in [0.15, 0.2) is 12.1 Å². The third kappa shape index (κ3) is 2.35. The van der Waals surface area contributed by atoms with Gasteiger partial charge in [-0.15, -0.1) is 0 Å². The van der Waals surface area contributed by atoms with E-state index in [-0.39, 0.29) is 22.4 Å². The van der Waals surface area contributed by atoms with Crippen molar-refractivity contribution in [2.75, 3.05) is 6.54 Å². The van der Waals surface area contributed by atoms with Crippen LogP contribution in [0.1, 0.15) is 17.4 Å². The number of aromatic nitrogens is 1. The Bertz CT molecular complexity index is 357. The van der Waals surface area contributed by atoms with Crippen LogP contribution in [0, 0.1) is 0 Å². The fourth-order valence-corrected chi connectivity index (χ4v) is 1.17. The molecule has 4 nitrogen and oxygen atoms in total. The van der Waals surface area contributed by atoms with Crippen molar-refractivity contribution >= 4 is 29.1 Å². The van der Waals surface area contributed by atoms with Gasteiger partial charge in [0, 0.05) is 6.54 Å². The Balaban J connectivity index is 3.06. The predicted octanol–water partition coefficient (Wildman–Crippen LogP) is 2.24. The van der Waals surface area contributed by atoms with Gasteiger partial charge in [0.1, 0.15) is 5.15 Å². The number of rotatable bonds is 2. The van der Waals surface area contributed by atoms with E-state index in [2.05, 4.69) is 4.98 Å². The van der Waals surface area contributed by atoms with E-state index in [1.54, 1.807) is 6.92 Å². The van der Waals surface area contributed by atoms with E-state index in [0.717, 1.165) is 0 Å². The van der Waals surface area contributed by atoms with Crippen molar-refractivity contribution in [1.82, 2.24) is 10.0 Å². The summed E-state index contributed by atoms with van der Waals surface area (Å²) >= 11 is 11.3. The van der Waals surface area contributed by atoms with Crippen LogP contribution in [0.4, 0.5) is 0 Å². The van der Waals surface area contributed by atoms with Crippen LogP contribution in [0.25, 0.3) is 0 Å². The highest BCUT2D eigenvalue weighted by atomic mass is 35.5. The lowest BCUT2D eigenvalue weighted by molar-refractivity contribution is -0.0545. The average molecular weight is 235 g/mol. The summed E-state index contributed by atoms with van der Waals surface area (Å²) in [5.74, 6) is -0.667. The fraction of sp³-hybridized carbons (Fsp3) is 0.250. The van der Waals surface area contributed by atoms with Gasteiger partial charge in [-0.3, -0.25) is 10.0 Å². The van der Waals surface area contributed by atoms with E-state index in [1.807, 2.05) is 0 Å². The molecule has 0 atom stereocenters. The van der Waals surface area contributed by atoms with E-state index in [0.29, 0.717) is 5.06 Å². The molecule has 0 fully saturated rings. The minimum absolute atomic E-state index is 0.0523. The summed E-state index contributed by atoms with van der Waals surface area (Å²) in [6.45, 7) is 1.78. The summed E-state index contributed by atoms with van der Waals surface area (Å²) in [6, 6.07) is 2.92. The van der Waals surface area contributed by atoms with Gasteiger partial charge in [0.2, 0.25) is 0 Å². The molecule has 1 N–H and O–H groups in total. The number of pyridine rings is 1. The molecule has 6 heteroatoms. The summed E-state index contributed by atoms with van der Waals surface area (Å²) in [7, 11) is 0. The lowest BCUT2D eigenvalue weighted by atomic mass is 10.3. The van der Waals surface area contributed by atoms with Gasteiger partial charge in [0.15, 0.2) is 5.69 Å². The second kappa shape index (κ2) is 4.59. The molecular weight excluding hydrogens is 227 g/mol. The minimum atomic E-state index is -0.667. The van der Waals surface area contributed by atoms with Crippen LogP contribution in [0.2, 0.25) is 10.2 Å². The predicted molar refractivity (Wildman–Crippen MR) is 52.8 cm³/mol. The van der Waals surface area contributed by atoms with Gasteiger partial charge in [-0.05, 0) is 19.1 Å². The van der Waals surface area contributed by atoms with Crippen LogP contribution >= 0.6 is 23.2 Å². The normalized spacial score (nSPS) is 10.0. The molecule has 0 aliphatic carbocycles. The Hall–Kier alpha value is -0.840. The minimum Gasteiger partial charge on any atom is -0.286 e. The van der Waals surface area contributed by atoms with E-state index in [1.165, 1.54) is 12.1 Å².